The molecule has 2 aromatic rings. The molecule has 1 amide bonds. The second-order valence-electron chi connectivity index (χ2n) is 7.97. The van der Waals surface area contributed by atoms with Gasteiger partial charge in [-0.15, -0.1) is 0 Å². The maximum absolute atomic E-state index is 12.6. The molecule has 1 spiro atoms. The summed E-state index contributed by atoms with van der Waals surface area (Å²) >= 11 is 11.0. The van der Waals surface area contributed by atoms with Gasteiger partial charge in [0.15, 0.2) is 5.66 Å². The van der Waals surface area contributed by atoms with Crippen molar-refractivity contribution in [2.24, 2.45) is 9.98 Å². The van der Waals surface area contributed by atoms with Crippen LogP contribution in [0.15, 0.2) is 56.9 Å². The molecular weight excluding hydrogens is 496 g/mol. The number of anilines is 1. The number of aryl methyl sites for hydroxylation is 1. The minimum Gasteiger partial charge on any atom is -0.325 e. The van der Waals surface area contributed by atoms with Gasteiger partial charge in [-0.1, -0.05) is 57.5 Å². The van der Waals surface area contributed by atoms with Gasteiger partial charge in [-0.3, -0.25) is 9.79 Å². The van der Waals surface area contributed by atoms with Gasteiger partial charge in [0.05, 0.1) is 11.5 Å². The second kappa shape index (κ2) is 9.45. The molecule has 1 fully saturated rings. The van der Waals surface area contributed by atoms with Gasteiger partial charge in [0.25, 0.3) is 0 Å². The molecular formula is C23H24BrClN4OS. The first kappa shape index (κ1) is 22.5. The molecule has 0 radical (unpaired) electrons. The predicted molar refractivity (Wildman–Crippen MR) is 135 cm³/mol. The number of aliphatic imine (C=N–C) groups is 2. The van der Waals surface area contributed by atoms with Crippen LogP contribution in [-0.2, 0) is 4.79 Å². The fourth-order valence-electron chi connectivity index (χ4n) is 3.67. The average molecular weight is 520 g/mol. The molecule has 1 saturated heterocycles. The van der Waals surface area contributed by atoms with Crippen molar-refractivity contribution in [3.05, 3.63) is 63.1 Å². The monoisotopic (exact) mass is 518 g/mol. The standard InChI is InChI=1S/C23H24BrClN4OS/c1-15-3-8-18(25)13-19(15)26-20(30)14-31-22-21(16-4-6-17(24)7-5-16)27-23(28-22)9-11-29(2)12-10-23/h3-8,13H,9-12,14H2,1-2H3,(H,26,30). The molecule has 0 atom stereocenters. The van der Waals surface area contributed by atoms with Crippen LogP contribution in [0.1, 0.15) is 24.0 Å². The first-order valence-corrected chi connectivity index (χ1v) is 12.3. The molecule has 2 heterocycles. The number of amides is 1. The number of likely N-dealkylation sites (tertiary alicyclic amines) is 1. The van der Waals surface area contributed by atoms with Crippen LogP contribution in [0.5, 0.6) is 0 Å². The molecule has 1 N–H and O–H groups in total. The highest BCUT2D eigenvalue weighted by atomic mass is 79.9. The number of thioether (sulfide) groups is 1. The van der Waals surface area contributed by atoms with Crippen molar-refractivity contribution < 1.29 is 4.79 Å². The van der Waals surface area contributed by atoms with Gasteiger partial charge in [-0.25, -0.2) is 4.99 Å². The van der Waals surface area contributed by atoms with Crippen molar-refractivity contribution >= 4 is 61.6 Å². The summed E-state index contributed by atoms with van der Waals surface area (Å²) in [6.45, 7) is 3.88. The van der Waals surface area contributed by atoms with Crippen LogP contribution in [0.3, 0.4) is 0 Å². The summed E-state index contributed by atoms with van der Waals surface area (Å²) in [5.74, 6) is 0.175. The van der Waals surface area contributed by atoms with Gasteiger partial charge in [0, 0.05) is 46.7 Å². The quantitative estimate of drug-likeness (QED) is 0.588. The van der Waals surface area contributed by atoms with Gasteiger partial charge in [-0.2, -0.15) is 0 Å². The highest BCUT2D eigenvalue weighted by molar-refractivity contribution is 9.10. The zero-order valence-electron chi connectivity index (χ0n) is 17.5. The lowest BCUT2D eigenvalue weighted by atomic mass is 9.99. The molecule has 0 unspecified atom stereocenters. The third kappa shape index (κ3) is 5.40. The maximum atomic E-state index is 12.6. The van der Waals surface area contributed by atoms with Crippen LogP contribution in [0.2, 0.25) is 5.02 Å². The van der Waals surface area contributed by atoms with Crippen LogP contribution >= 0.6 is 39.3 Å². The van der Waals surface area contributed by atoms with Gasteiger partial charge in [0.2, 0.25) is 5.91 Å². The molecule has 2 aromatic carbocycles. The van der Waals surface area contributed by atoms with Gasteiger partial charge >= 0.3 is 0 Å². The Balaban J connectivity index is 1.51. The lowest BCUT2D eigenvalue weighted by molar-refractivity contribution is -0.113. The third-order valence-corrected chi connectivity index (χ3v) is 7.28. The van der Waals surface area contributed by atoms with Crippen molar-refractivity contribution in [2.45, 2.75) is 25.4 Å². The van der Waals surface area contributed by atoms with E-state index in [1.165, 1.54) is 11.8 Å². The van der Waals surface area contributed by atoms with Crippen molar-refractivity contribution in [3.8, 4) is 0 Å². The lowest BCUT2D eigenvalue weighted by Gasteiger charge is -2.33. The molecule has 0 aromatic heterocycles. The molecule has 5 nitrogen and oxygen atoms in total. The molecule has 8 heteroatoms. The first-order valence-electron chi connectivity index (χ1n) is 10.2. The molecule has 4 rings (SSSR count). The SMILES string of the molecule is Cc1ccc(Cl)cc1NC(=O)CSC1=NC2(CCN(C)CC2)N=C1c1ccc(Br)cc1. The Kier molecular flexibility index (Phi) is 6.86. The van der Waals surface area contributed by atoms with E-state index < -0.39 is 5.66 Å². The van der Waals surface area contributed by atoms with E-state index in [1.54, 1.807) is 6.07 Å². The van der Waals surface area contributed by atoms with E-state index in [1.807, 2.05) is 43.3 Å². The van der Waals surface area contributed by atoms with Crippen molar-refractivity contribution in [3.63, 3.8) is 0 Å². The van der Waals surface area contributed by atoms with E-state index in [4.69, 9.17) is 21.6 Å². The Morgan fingerprint density at radius 3 is 2.61 bits per heavy atom. The Bertz CT molecular complexity index is 1050. The van der Waals surface area contributed by atoms with E-state index in [0.717, 1.165) is 58.0 Å². The van der Waals surface area contributed by atoms with Gasteiger partial charge < -0.3 is 10.2 Å². The zero-order valence-corrected chi connectivity index (χ0v) is 20.6. The number of halogens is 2. The van der Waals surface area contributed by atoms with Gasteiger partial charge in [-0.05, 0) is 43.8 Å². The first-order chi connectivity index (χ1) is 14.8. The average Bonchev–Trinajstić information content (AvgIpc) is 3.10. The summed E-state index contributed by atoms with van der Waals surface area (Å²) < 4.78 is 1.02. The molecule has 2 aliphatic heterocycles. The van der Waals surface area contributed by atoms with Crippen LogP contribution in [0, 0.1) is 6.92 Å². The van der Waals surface area contributed by atoms with Crippen molar-refractivity contribution in [2.75, 3.05) is 31.2 Å². The summed E-state index contributed by atoms with van der Waals surface area (Å²) in [5.41, 5.74) is 3.21. The number of hydrogen-bond acceptors (Lipinski definition) is 5. The molecule has 0 saturated carbocycles. The highest BCUT2D eigenvalue weighted by Gasteiger charge is 2.39. The Morgan fingerprint density at radius 2 is 1.90 bits per heavy atom. The smallest absolute Gasteiger partial charge is 0.234 e. The van der Waals surface area contributed by atoms with E-state index in [-0.39, 0.29) is 11.7 Å². The zero-order chi connectivity index (χ0) is 22.0. The number of carbonyl (C=O) groups is 1. The van der Waals surface area contributed by atoms with Crippen LogP contribution in [0.4, 0.5) is 5.69 Å². The molecule has 2 aliphatic rings. The third-order valence-electron chi connectivity index (χ3n) is 5.55. The number of benzene rings is 2. The largest absolute Gasteiger partial charge is 0.325 e. The van der Waals surface area contributed by atoms with E-state index in [9.17, 15) is 4.79 Å². The fraction of sp³-hybridized carbons (Fsp3) is 0.348. The van der Waals surface area contributed by atoms with E-state index in [0.29, 0.717) is 5.02 Å². The van der Waals surface area contributed by atoms with Crippen molar-refractivity contribution in [1.82, 2.24) is 4.90 Å². The Hall–Kier alpha value is -1.67. The summed E-state index contributed by atoms with van der Waals surface area (Å²) in [7, 11) is 2.13. The van der Waals surface area contributed by atoms with Crippen LogP contribution in [-0.4, -0.2) is 53.1 Å². The number of hydrogen-bond donors (Lipinski definition) is 1. The predicted octanol–water partition coefficient (Wildman–Crippen LogP) is 5.41. The number of carbonyl (C=O) groups excluding carboxylic acids is 1. The lowest BCUT2D eigenvalue weighted by Crippen LogP contribution is -2.39. The van der Waals surface area contributed by atoms with Crippen LogP contribution < -0.4 is 5.32 Å². The summed E-state index contributed by atoms with van der Waals surface area (Å²) in [6, 6.07) is 13.6. The minimum absolute atomic E-state index is 0.0856. The molecule has 0 aliphatic carbocycles. The molecule has 162 valence electrons. The van der Waals surface area contributed by atoms with E-state index in [2.05, 4.69) is 33.2 Å². The summed E-state index contributed by atoms with van der Waals surface area (Å²) in [6.07, 6.45) is 1.78. The minimum atomic E-state index is -0.405. The second-order valence-corrected chi connectivity index (χ2v) is 10.3. The van der Waals surface area contributed by atoms with Crippen molar-refractivity contribution in [1.29, 1.82) is 0 Å². The number of rotatable bonds is 4. The van der Waals surface area contributed by atoms with Gasteiger partial charge in [0.1, 0.15) is 5.04 Å². The van der Waals surface area contributed by atoms with Crippen LogP contribution in [0.25, 0.3) is 0 Å². The number of piperidine rings is 1. The fourth-order valence-corrected chi connectivity index (χ4v) is 4.98. The number of nitrogens with one attached hydrogen (secondary N) is 1. The van der Waals surface area contributed by atoms with E-state index >= 15 is 0 Å². The summed E-state index contributed by atoms with van der Waals surface area (Å²) in [5, 5.41) is 4.40. The Labute approximate surface area is 200 Å². The Morgan fingerprint density at radius 1 is 1.19 bits per heavy atom. The molecule has 0 bridgehead atoms. The highest BCUT2D eigenvalue weighted by Crippen LogP contribution is 2.35. The summed E-state index contributed by atoms with van der Waals surface area (Å²) in [4.78, 5) is 25.1. The molecule has 31 heavy (non-hydrogen) atoms. The number of nitrogens with zero attached hydrogens (tertiary/aromatic N) is 3. The normalized spacial score (nSPS) is 18.1. The topological polar surface area (TPSA) is 57.1 Å². The maximum Gasteiger partial charge on any atom is 0.234 e.